The second-order valence-electron chi connectivity index (χ2n) is 4.31. The smallest absolute Gasteiger partial charge is 0.104 e. The van der Waals surface area contributed by atoms with Crippen LogP contribution in [0.2, 0.25) is 0 Å². The van der Waals surface area contributed by atoms with Crippen LogP contribution >= 0.6 is 39.1 Å². The van der Waals surface area contributed by atoms with Gasteiger partial charge in [-0.1, -0.05) is 28.1 Å². The molecule has 0 atom stereocenters. The van der Waals surface area contributed by atoms with Crippen molar-refractivity contribution in [1.82, 2.24) is 0 Å². The van der Waals surface area contributed by atoms with E-state index < -0.39 is 0 Å². The van der Waals surface area contributed by atoms with E-state index in [1.807, 2.05) is 24.3 Å². The predicted molar refractivity (Wildman–Crippen MR) is 79.7 cm³/mol. The molecule has 1 aromatic heterocycles. The highest BCUT2D eigenvalue weighted by Crippen LogP contribution is 2.32. The first-order chi connectivity index (χ1) is 8.70. The Morgan fingerprint density at radius 2 is 1.72 bits per heavy atom. The van der Waals surface area contributed by atoms with Crippen LogP contribution in [0.4, 0.5) is 0 Å². The number of benzene rings is 1. The molecule has 0 saturated carbocycles. The van der Waals surface area contributed by atoms with Crippen LogP contribution < -0.4 is 0 Å². The van der Waals surface area contributed by atoms with Crippen molar-refractivity contribution in [3.63, 3.8) is 0 Å². The van der Waals surface area contributed by atoms with Gasteiger partial charge in [0.2, 0.25) is 0 Å². The molecule has 4 heteroatoms. The van der Waals surface area contributed by atoms with Gasteiger partial charge in [0.25, 0.3) is 0 Å². The Morgan fingerprint density at radius 1 is 1.06 bits per heavy atom. The van der Waals surface area contributed by atoms with E-state index in [0.29, 0.717) is 18.2 Å². The highest BCUT2D eigenvalue weighted by molar-refractivity contribution is 9.10. The van der Waals surface area contributed by atoms with Crippen LogP contribution in [0.15, 0.2) is 51.6 Å². The lowest BCUT2D eigenvalue weighted by molar-refractivity contribution is 0.437. The van der Waals surface area contributed by atoms with Gasteiger partial charge >= 0.3 is 0 Å². The van der Waals surface area contributed by atoms with Crippen molar-refractivity contribution in [2.24, 2.45) is 0 Å². The molecule has 0 bridgehead atoms. The quantitative estimate of drug-likeness (QED) is 0.693. The summed E-state index contributed by atoms with van der Waals surface area (Å²) < 4.78 is 6.46. The fraction of sp³-hybridized carbons (Fsp3) is 0.286. The molecule has 0 amide bonds. The first-order valence-corrected chi connectivity index (χ1v) is 7.47. The van der Waals surface area contributed by atoms with E-state index in [1.165, 1.54) is 0 Å². The Hall–Kier alpha value is -0.440. The van der Waals surface area contributed by atoms with Crippen LogP contribution in [0.25, 0.3) is 0 Å². The Labute approximate surface area is 125 Å². The highest BCUT2D eigenvalue weighted by Gasteiger charge is 2.32. The molecule has 0 aliphatic rings. The molecule has 0 unspecified atom stereocenters. The molecule has 1 nitrogen and oxygen atoms in total. The van der Waals surface area contributed by atoms with Gasteiger partial charge in [0.05, 0.1) is 6.26 Å². The van der Waals surface area contributed by atoms with E-state index in [0.717, 1.165) is 15.8 Å². The second-order valence-corrected chi connectivity index (χ2v) is 5.76. The van der Waals surface area contributed by atoms with Crippen LogP contribution in [0.3, 0.4) is 0 Å². The van der Waals surface area contributed by atoms with E-state index in [2.05, 4.69) is 28.1 Å². The number of alkyl halides is 2. The minimum absolute atomic E-state index is 0.290. The van der Waals surface area contributed by atoms with Crippen molar-refractivity contribution in [1.29, 1.82) is 0 Å². The molecule has 0 aliphatic heterocycles. The maximum Gasteiger partial charge on any atom is 0.104 e. The summed E-state index contributed by atoms with van der Waals surface area (Å²) in [7, 11) is 0. The maximum atomic E-state index is 6.18. The summed E-state index contributed by atoms with van der Waals surface area (Å²) in [6.45, 7) is 0. The Kier molecular flexibility index (Phi) is 4.77. The number of hydrogen-bond acceptors (Lipinski definition) is 1. The van der Waals surface area contributed by atoms with Gasteiger partial charge in [-0.2, -0.15) is 0 Å². The molecule has 2 aromatic rings. The van der Waals surface area contributed by atoms with Gasteiger partial charge in [0.15, 0.2) is 0 Å². The lowest BCUT2D eigenvalue weighted by Gasteiger charge is -2.29. The van der Waals surface area contributed by atoms with Gasteiger partial charge in [0, 0.05) is 28.1 Å². The van der Waals surface area contributed by atoms with Crippen molar-refractivity contribution >= 4 is 39.1 Å². The van der Waals surface area contributed by atoms with Gasteiger partial charge in [-0.05, 0) is 29.8 Å². The minimum Gasteiger partial charge on any atom is -0.469 e. The van der Waals surface area contributed by atoms with Crippen molar-refractivity contribution in [2.45, 2.75) is 11.8 Å². The maximum absolute atomic E-state index is 6.18. The zero-order valence-electron chi connectivity index (χ0n) is 9.70. The molecule has 0 spiro atoms. The third kappa shape index (κ3) is 2.93. The van der Waals surface area contributed by atoms with Crippen LogP contribution in [0, 0.1) is 0 Å². The molecule has 0 saturated heterocycles. The number of rotatable bonds is 5. The average molecular weight is 348 g/mol. The minimum atomic E-state index is -0.290. The number of furan rings is 1. The number of halogens is 3. The summed E-state index contributed by atoms with van der Waals surface area (Å²) in [6, 6.07) is 11.9. The van der Waals surface area contributed by atoms with Crippen molar-refractivity contribution in [3.8, 4) is 0 Å². The summed E-state index contributed by atoms with van der Waals surface area (Å²) in [5, 5.41) is 0. The van der Waals surface area contributed by atoms with Gasteiger partial charge < -0.3 is 4.42 Å². The molecular formula is C14H13BrCl2O. The fourth-order valence-corrected chi connectivity index (χ4v) is 2.98. The molecule has 1 aromatic carbocycles. The van der Waals surface area contributed by atoms with E-state index in [1.54, 1.807) is 6.26 Å². The molecule has 0 N–H and O–H groups in total. The SMILES string of the molecule is ClCC(CCl)(Cc1ccco1)c1ccc(Br)cc1. The third-order valence-electron chi connectivity index (χ3n) is 3.06. The Balaban J connectivity index is 2.33. The molecule has 96 valence electrons. The molecule has 18 heavy (non-hydrogen) atoms. The van der Waals surface area contributed by atoms with Crippen LogP contribution in [-0.2, 0) is 11.8 Å². The second kappa shape index (κ2) is 6.14. The first-order valence-electron chi connectivity index (χ1n) is 5.60. The normalized spacial score (nSPS) is 11.7. The molecule has 0 aliphatic carbocycles. The van der Waals surface area contributed by atoms with Gasteiger partial charge in [-0.3, -0.25) is 0 Å². The lowest BCUT2D eigenvalue weighted by Crippen LogP contribution is -2.33. The van der Waals surface area contributed by atoms with Crippen molar-refractivity contribution in [2.75, 3.05) is 11.8 Å². The van der Waals surface area contributed by atoms with Crippen LogP contribution in [0.1, 0.15) is 11.3 Å². The fourth-order valence-electron chi connectivity index (χ4n) is 1.94. The van der Waals surface area contributed by atoms with Crippen molar-refractivity contribution < 1.29 is 4.42 Å². The highest BCUT2D eigenvalue weighted by atomic mass is 79.9. The van der Waals surface area contributed by atoms with Gasteiger partial charge in [0.1, 0.15) is 5.76 Å². The summed E-state index contributed by atoms with van der Waals surface area (Å²) >= 11 is 15.8. The third-order valence-corrected chi connectivity index (χ3v) is 4.61. The summed E-state index contributed by atoms with van der Waals surface area (Å²) in [4.78, 5) is 0. The average Bonchev–Trinajstić information content (AvgIpc) is 2.90. The molecular weight excluding hydrogens is 335 g/mol. The zero-order chi connectivity index (χ0) is 13.0. The van der Waals surface area contributed by atoms with E-state index in [-0.39, 0.29) is 5.41 Å². The predicted octanol–water partition coefficient (Wildman–Crippen LogP) is 5.00. The zero-order valence-corrected chi connectivity index (χ0v) is 12.8. The van der Waals surface area contributed by atoms with Crippen LogP contribution in [-0.4, -0.2) is 11.8 Å². The molecule has 0 radical (unpaired) electrons. The topological polar surface area (TPSA) is 13.1 Å². The Bertz CT molecular complexity index is 475. The van der Waals surface area contributed by atoms with E-state index in [9.17, 15) is 0 Å². The summed E-state index contributed by atoms with van der Waals surface area (Å²) in [5.41, 5.74) is 0.842. The van der Waals surface area contributed by atoms with E-state index >= 15 is 0 Å². The summed E-state index contributed by atoms with van der Waals surface area (Å²) in [6.07, 6.45) is 2.37. The van der Waals surface area contributed by atoms with Gasteiger partial charge in [-0.25, -0.2) is 0 Å². The molecule has 1 heterocycles. The lowest BCUT2D eigenvalue weighted by atomic mass is 9.80. The van der Waals surface area contributed by atoms with Crippen molar-refractivity contribution in [3.05, 3.63) is 58.5 Å². The van der Waals surface area contributed by atoms with E-state index in [4.69, 9.17) is 27.6 Å². The summed E-state index contributed by atoms with van der Waals surface area (Å²) in [5.74, 6) is 1.82. The molecule has 0 fully saturated rings. The molecule has 2 rings (SSSR count). The monoisotopic (exact) mass is 346 g/mol. The largest absolute Gasteiger partial charge is 0.469 e. The number of hydrogen-bond donors (Lipinski definition) is 0. The standard InChI is InChI=1S/C14H13BrCl2O/c15-12-5-3-11(4-6-12)14(9-16,10-17)8-13-2-1-7-18-13/h1-7H,8-10H2. The first kappa shape index (κ1) is 14.0. The van der Waals surface area contributed by atoms with Crippen LogP contribution in [0.5, 0.6) is 0 Å². The van der Waals surface area contributed by atoms with Gasteiger partial charge in [-0.15, -0.1) is 23.2 Å². The Morgan fingerprint density at radius 3 is 2.22 bits per heavy atom.